The highest BCUT2D eigenvalue weighted by atomic mass is 35.5. The molecule has 2 N–H and O–H groups in total. The van der Waals surface area contributed by atoms with E-state index in [9.17, 15) is 0 Å². The summed E-state index contributed by atoms with van der Waals surface area (Å²) in [4.78, 5) is 10.0. The molecule has 6 heteroatoms. The lowest BCUT2D eigenvalue weighted by Crippen LogP contribution is -2.23. The van der Waals surface area contributed by atoms with Crippen LogP contribution < -0.4 is 10.6 Å². The van der Waals surface area contributed by atoms with Gasteiger partial charge in [0.2, 0.25) is 0 Å². The number of ether oxygens (including phenoxy) is 1. The first-order valence-electron chi connectivity index (χ1n) is 4.76. The molecular weight excluding hydrogens is 216 g/mol. The van der Waals surface area contributed by atoms with Gasteiger partial charge in [0.25, 0.3) is 0 Å². The van der Waals surface area contributed by atoms with E-state index in [1.54, 1.807) is 7.11 Å². The highest BCUT2D eigenvalue weighted by molar-refractivity contribution is 6.35. The van der Waals surface area contributed by atoms with Crippen LogP contribution in [-0.4, -0.2) is 36.3 Å². The van der Waals surface area contributed by atoms with Crippen molar-refractivity contribution >= 4 is 23.2 Å². The average Bonchev–Trinajstić information content (AvgIpc) is 2.70. The second-order valence-electron chi connectivity index (χ2n) is 3.49. The van der Waals surface area contributed by atoms with Crippen LogP contribution in [-0.2, 0) is 4.74 Å². The first kappa shape index (κ1) is 10.4. The van der Waals surface area contributed by atoms with Crippen LogP contribution in [0.3, 0.4) is 0 Å². The van der Waals surface area contributed by atoms with Gasteiger partial charge in [-0.05, 0) is 6.42 Å². The van der Waals surface area contributed by atoms with Gasteiger partial charge in [0.15, 0.2) is 5.82 Å². The van der Waals surface area contributed by atoms with E-state index in [1.807, 2.05) is 0 Å². The molecule has 0 amide bonds. The lowest BCUT2D eigenvalue weighted by molar-refractivity contribution is 0.121. The van der Waals surface area contributed by atoms with Crippen LogP contribution in [0.1, 0.15) is 6.42 Å². The topological polar surface area (TPSA) is 64.3 Å². The zero-order chi connectivity index (χ0) is 10.8. The van der Waals surface area contributed by atoms with E-state index >= 15 is 0 Å². The number of anilines is 2. The summed E-state index contributed by atoms with van der Waals surface area (Å²) in [5, 5.41) is 0.425. The minimum atomic E-state index is 0.247. The predicted molar refractivity (Wildman–Crippen MR) is 59.1 cm³/mol. The molecule has 1 fully saturated rings. The van der Waals surface area contributed by atoms with Crippen molar-refractivity contribution in [3.8, 4) is 0 Å². The smallest absolute Gasteiger partial charge is 0.153 e. The highest BCUT2D eigenvalue weighted by Crippen LogP contribution is 2.29. The third-order valence-electron chi connectivity index (χ3n) is 2.58. The quantitative estimate of drug-likeness (QED) is 0.816. The summed E-state index contributed by atoms with van der Waals surface area (Å²) in [6, 6.07) is 0. The van der Waals surface area contributed by atoms with Crippen LogP contribution in [0.25, 0.3) is 0 Å². The molecule has 0 aromatic carbocycles. The second kappa shape index (κ2) is 4.20. The zero-order valence-corrected chi connectivity index (χ0v) is 9.24. The number of nitrogens with two attached hydrogens (primary N) is 1. The molecule has 1 unspecified atom stereocenters. The molecule has 0 saturated carbocycles. The van der Waals surface area contributed by atoms with Crippen molar-refractivity contribution in [3.63, 3.8) is 0 Å². The third-order valence-corrected chi connectivity index (χ3v) is 2.94. The average molecular weight is 229 g/mol. The van der Waals surface area contributed by atoms with E-state index in [2.05, 4.69) is 14.9 Å². The highest BCUT2D eigenvalue weighted by Gasteiger charge is 2.25. The lowest BCUT2D eigenvalue weighted by atomic mass is 10.3. The zero-order valence-electron chi connectivity index (χ0n) is 8.48. The molecule has 5 nitrogen and oxygen atoms in total. The van der Waals surface area contributed by atoms with E-state index in [4.69, 9.17) is 22.1 Å². The summed E-state index contributed by atoms with van der Waals surface area (Å²) >= 11 is 6.03. The molecule has 0 aliphatic carbocycles. The van der Waals surface area contributed by atoms with Gasteiger partial charge >= 0.3 is 0 Å². The van der Waals surface area contributed by atoms with Gasteiger partial charge in [0.05, 0.1) is 6.10 Å². The van der Waals surface area contributed by atoms with Crippen LogP contribution in [0, 0.1) is 0 Å². The molecule has 2 rings (SSSR count). The molecule has 1 atom stereocenters. The van der Waals surface area contributed by atoms with Crippen molar-refractivity contribution in [2.45, 2.75) is 12.5 Å². The normalized spacial score (nSPS) is 20.9. The van der Waals surface area contributed by atoms with Gasteiger partial charge < -0.3 is 15.4 Å². The fraction of sp³-hybridized carbons (Fsp3) is 0.556. The minimum absolute atomic E-state index is 0.247. The van der Waals surface area contributed by atoms with Crippen molar-refractivity contribution in [2.24, 2.45) is 0 Å². The lowest BCUT2D eigenvalue weighted by Gasteiger charge is -2.18. The van der Waals surface area contributed by atoms with Crippen molar-refractivity contribution in [2.75, 3.05) is 30.8 Å². The maximum atomic E-state index is 6.03. The van der Waals surface area contributed by atoms with Gasteiger partial charge in [-0.3, -0.25) is 0 Å². The number of nitrogens with zero attached hydrogens (tertiary/aromatic N) is 3. The molecule has 0 radical (unpaired) electrons. The fourth-order valence-electron chi connectivity index (χ4n) is 1.71. The molecule has 1 aliphatic heterocycles. The predicted octanol–water partition coefficient (Wildman–Crippen LogP) is 0.937. The Bertz CT molecular complexity index is 360. The summed E-state index contributed by atoms with van der Waals surface area (Å²) in [7, 11) is 1.71. The van der Waals surface area contributed by atoms with Gasteiger partial charge in [0.1, 0.15) is 17.2 Å². The van der Waals surface area contributed by atoms with Crippen LogP contribution in [0.5, 0.6) is 0 Å². The van der Waals surface area contributed by atoms with Crippen LogP contribution >= 0.6 is 11.6 Å². The standard InChI is InChI=1S/C9H13ClN4O/c1-15-6-2-3-14(4-6)9-7(10)8(11)12-5-13-9/h5-6H,2-4H2,1H3,(H2,11,12,13). The summed E-state index contributed by atoms with van der Waals surface area (Å²) in [5.41, 5.74) is 5.61. The summed E-state index contributed by atoms with van der Waals surface area (Å²) in [6.45, 7) is 1.68. The number of hydrogen-bond donors (Lipinski definition) is 1. The fourth-order valence-corrected chi connectivity index (χ4v) is 1.92. The SMILES string of the molecule is COC1CCN(c2ncnc(N)c2Cl)C1. The van der Waals surface area contributed by atoms with Gasteiger partial charge in [-0.1, -0.05) is 11.6 Å². The molecule has 1 aromatic rings. The monoisotopic (exact) mass is 228 g/mol. The van der Waals surface area contributed by atoms with Crippen molar-refractivity contribution < 1.29 is 4.74 Å². The Hall–Kier alpha value is -1.07. The summed E-state index contributed by atoms with van der Waals surface area (Å²) in [5.74, 6) is 1.02. The van der Waals surface area contributed by atoms with Gasteiger partial charge in [-0.2, -0.15) is 0 Å². The van der Waals surface area contributed by atoms with Crippen LogP contribution in [0.2, 0.25) is 5.02 Å². The molecule has 1 saturated heterocycles. The number of rotatable bonds is 2. The van der Waals surface area contributed by atoms with Gasteiger partial charge in [-0.15, -0.1) is 0 Å². The van der Waals surface area contributed by atoms with Crippen molar-refractivity contribution in [1.29, 1.82) is 0 Å². The Labute approximate surface area is 93.2 Å². The largest absolute Gasteiger partial charge is 0.382 e. The molecule has 1 aromatic heterocycles. The third kappa shape index (κ3) is 1.98. The maximum absolute atomic E-state index is 6.03. The summed E-state index contributed by atoms with van der Waals surface area (Å²) in [6.07, 6.45) is 2.66. The first-order chi connectivity index (χ1) is 7.22. The van der Waals surface area contributed by atoms with E-state index in [0.29, 0.717) is 16.7 Å². The Kier molecular flexibility index (Phi) is 2.93. The Balaban J connectivity index is 2.20. The number of nitrogen functional groups attached to an aromatic ring is 1. The first-order valence-corrected chi connectivity index (χ1v) is 5.14. The number of hydrogen-bond acceptors (Lipinski definition) is 5. The van der Waals surface area contributed by atoms with Crippen LogP contribution in [0.4, 0.5) is 11.6 Å². The van der Waals surface area contributed by atoms with E-state index in [1.165, 1.54) is 6.33 Å². The molecule has 82 valence electrons. The number of methoxy groups -OCH3 is 1. The van der Waals surface area contributed by atoms with Gasteiger partial charge in [0, 0.05) is 20.2 Å². The molecule has 0 spiro atoms. The number of aromatic nitrogens is 2. The molecule has 15 heavy (non-hydrogen) atoms. The number of halogens is 1. The van der Waals surface area contributed by atoms with Crippen LogP contribution in [0.15, 0.2) is 6.33 Å². The second-order valence-corrected chi connectivity index (χ2v) is 3.87. The molecule has 0 bridgehead atoms. The Morgan fingerprint density at radius 3 is 3.07 bits per heavy atom. The van der Waals surface area contributed by atoms with E-state index < -0.39 is 0 Å². The van der Waals surface area contributed by atoms with Crippen molar-refractivity contribution in [1.82, 2.24) is 9.97 Å². The molecule has 2 heterocycles. The van der Waals surface area contributed by atoms with E-state index in [-0.39, 0.29) is 6.10 Å². The van der Waals surface area contributed by atoms with Crippen molar-refractivity contribution in [3.05, 3.63) is 11.3 Å². The Morgan fingerprint density at radius 2 is 2.40 bits per heavy atom. The summed E-state index contributed by atoms with van der Waals surface area (Å²) < 4.78 is 5.27. The maximum Gasteiger partial charge on any atom is 0.153 e. The Morgan fingerprint density at radius 1 is 1.60 bits per heavy atom. The van der Waals surface area contributed by atoms with Gasteiger partial charge in [-0.25, -0.2) is 9.97 Å². The molecular formula is C9H13ClN4O. The van der Waals surface area contributed by atoms with E-state index in [0.717, 1.165) is 19.5 Å². The molecule has 1 aliphatic rings. The minimum Gasteiger partial charge on any atom is -0.382 e.